The zero-order chi connectivity index (χ0) is 11.5. The number of nitrogens with zero attached hydrogens (tertiary/aromatic N) is 4. The van der Waals surface area contributed by atoms with E-state index in [9.17, 15) is 0 Å². The van der Waals surface area contributed by atoms with Gasteiger partial charge >= 0.3 is 0 Å². The molecule has 0 atom stereocenters. The van der Waals surface area contributed by atoms with Crippen LogP contribution in [0.15, 0.2) is 24.5 Å². The molecule has 0 saturated carbocycles. The molecule has 4 nitrogen and oxygen atoms in total. The summed E-state index contributed by atoms with van der Waals surface area (Å²) >= 11 is 6.08. The van der Waals surface area contributed by atoms with Gasteiger partial charge in [0.05, 0.1) is 5.69 Å². The molecule has 0 unspecified atom stereocenters. The Labute approximate surface area is 99.3 Å². The lowest BCUT2D eigenvalue weighted by molar-refractivity contribution is 0.626. The summed E-state index contributed by atoms with van der Waals surface area (Å²) in [5.74, 6) is 1.05. The molecular formula is C11H13ClN4. The number of hydrogen-bond donors (Lipinski definition) is 0. The summed E-state index contributed by atoms with van der Waals surface area (Å²) < 4.78 is 1.55. The second kappa shape index (κ2) is 4.61. The van der Waals surface area contributed by atoms with Crippen LogP contribution in [0.5, 0.6) is 0 Å². The monoisotopic (exact) mass is 236 g/mol. The Morgan fingerprint density at radius 1 is 1.31 bits per heavy atom. The van der Waals surface area contributed by atoms with Crippen LogP contribution in [0.2, 0.25) is 5.15 Å². The van der Waals surface area contributed by atoms with Crippen LogP contribution in [0.25, 0.3) is 5.95 Å². The molecule has 0 saturated heterocycles. The SMILES string of the molecule is CC(C)Cc1cc(Cl)n(-c2ncccn2)n1. The van der Waals surface area contributed by atoms with Crippen LogP contribution in [0.3, 0.4) is 0 Å². The van der Waals surface area contributed by atoms with Crippen molar-refractivity contribution in [2.24, 2.45) is 5.92 Å². The molecule has 84 valence electrons. The van der Waals surface area contributed by atoms with Gasteiger partial charge in [-0.3, -0.25) is 0 Å². The zero-order valence-electron chi connectivity index (χ0n) is 9.26. The quantitative estimate of drug-likeness (QED) is 0.823. The lowest BCUT2D eigenvalue weighted by Gasteiger charge is -2.00. The molecule has 2 aromatic heterocycles. The van der Waals surface area contributed by atoms with E-state index < -0.39 is 0 Å². The van der Waals surface area contributed by atoms with Gasteiger partial charge in [0.15, 0.2) is 0 Å². The van der Waals surface area contributed by atoms with Gasteiger partial charge in [-0.15, -0.1) is 0 Å². The molecule has 0 fully saturated rings. The second-order valence-electron chi connectivity index (χ2n) is 4.02. The molecule has 2 heterocycles. The summed E-state index contributed by atoms with van der Waals surface area (Å²) in [5.41, 5.74) is 0.965. The smallest absolute Gasteiger partial charge is 0.220 e. The maximum atomic E-state index is 6.08. The molecule has 0 N–H and O–H groups in total. The van der Waals surface area contributed by atoms with Gasteiger partial charge in [0, 0.05) is 12.4 Å². The second-order valence-corrected chi connectivity index (χ2v) is 4.40. The van der Waals surface area contributed by atoms with Gasteiger partial charge in [-0.1, -0.05) is 25.4 Å². The lowest BCUT2D eigenvalue weighted by atomic mass is 10.1. The molecule has 5 heteroatoms. The highest BCUT2D eigenvalue weighted by Crippen LogP contribution is 2.16. The first kappa shape index (κ1) is 11.1. The maximum absolute atomic E-state index is 6.08. The minimum atomic E-state index is 0.502. The summed E-state index contributed by atoms with van der Waals surface area (Å²) in [7, 11) is 0. The molecule has 0 aliphatic heterocycles. The van der Waals surface area contributed by atoms with E-state index in [1.807, 2.05) is 6.07 Å². The van der Waals surface area contributed by atoms with E-state index in [2.05, 4.69) is 28.9 Å². The average Bonchev–Trinajstić information content (AvgIpc) is 2.60. The number of aromatic nitrogens is 4. The topological polar surface area (TPSA) is 43.6 Å². The molecule has 16 heavy (non-hydrogen) atoms. The van der Waals surface area contributed by atoms with Crippen LogP contribution in [0.1, 0.15) is 19.5 Å². The number of halogens is 1. The number of rotatable bonds is 3. The fraction of sp³-hybridized carbons (Fsp3) is 0.364. The van der Waals surface area contributed by atoms with Crippen LogP contribution in [0, 0.1) is 5.92 Å². The van der Waals surface area contributed by atoms with E-state index in [4.69, 9.17) is 11.6 Å². The first-order chi connectivity index (χ1) is 7.66. The van der Waals surface area contributed by atoms with Crippen molar-refractivity contribution in [2.45, 2.75) is 20.3 Å². The van der Waals surface area contributed by atoms with E-state index in [1.54, 1.807) is 23.1 Å². The van der Waals surface area contributed by atoms with Crippen molar-refractivity contribution in [3.8, 4) is 5.95 Å². The molecule has 0 aliphatic carbocycles. The lowest BCUT2D eigenvalue weighted by Crippen LogP contribution is -2.03. The third-order valence-electron chi connectivity index (χ3n) is 2.08. The first-order valence-corrected chi connectivity index (χ1v) is 5.56. The predicted molar refractivity (Wildman–Crippen MR) is 62.7 cm³/mol. The predicted octanol–water partition coefficient (Wildman–Crippen LogP) is 2.51. The van der Waals surface area contributed by atoms with Crippen LogP contribution < -0.4 is 0 Å². The Hall–Kier alpha value is -1.42. The van der Waals surface area contributed by atoms with Crippen molar-refractivity contribution < 1.29 is 0 Å². The van der Waals surface area contributed by atoms with Gasteiger partial charge in [-0.25, -0.2) is 9.97 Å². The van der Waals surface area contributed by atoms with Crippen LogP contribution in [0.4, 0.5) is 0 Å². The molecule has 2 rings (SSSR count). The molecule has 0 spiro atoms. The highest BCUT2D eigenvalue weighted by molar-refractivity contribution is 6.29. The van der Waals surface area contributed by atoms with E-state index in [0.717, 1.165) is 12.1 Å². The standard InChI is InChI=1S/C11H13ClN4/c1-8(2)6-9-7-10(12)16(15-9)11-13-4-3-5-14-11/h3-5,7-8H,6H2,1-2H3. The van der Waals surface area contributed by atoms with E-state index in [0.29, 0.717) is 17.0 Å². The van der Waals surface area contributed by atoms with Crippen LogP contribution in [-0.2, 0) is 6.42 Å². The van der Waals surface area contributed by atoms with E-state index in [1.165, 1.54) is 0 Å². The molecule has 0 bridgehead atoms. The van der Waals surface area contributed by atoms with Crippen molar-refractivity contribution >= 4 is 11.6 Å². The van der Waals surface area contributed by atoms with E-state index >= 15 is 0 Å². The van der Waals surface area contributed by atoms with Gasteiger partial charge in [-0.05, 0) is 24.5 Å². The Balaban J connectivity index is 2.32. The van der Waals surface area contributed by atoms with Crippen molar-refractivity contribution in [2.75, 3.05) is 0 Å². The summed E-state index contributed by atoms with van der Waals surface area (Å²) in [6, 6.07) is 3.62. The van der Waals surface area contributed by atoms with Gasteiger partial charge in [0.2, 0.25) is 0 Å². The van der Waals surface area contributed by atoms with Gasteiger partial charge in [-0.2, -0.15) is 9.78 Å². The highest BCUT2D eigenvalue weighted by Gasteiger charge is 2.10. The average molecular weight is 237 g/mol. The van der Waals surface area contributed by atoms with Crippen molar-refractivity contribution in [1.82, 2.24) is 19.7 Å². The van der Waals surface area contributed by atoms with Crippen molar-refractivity contribution in [3.05, 3.63) is 35.4 Å². The normalized spacial score (nSPS) is 11.0. The van der Waals surface area contributed by atoms with E-state index in [-0.39, 0.29) is 0 Å². The third-order valence-corrected chi connectivity index (χ3v) is 2.34. The fourth-order valence-corrected chi connectivity index (χ4v) is 1.70. The first-order valence-electron chi connectivity index (χ1n) is 5.18. The maximum Gasteiger partial charge on any atom is 0.251 e. The Bertz CT molecular complexity index is 464. The number of hydrogen-bond acceptors (Lipinski definition) is 3. The summed E-state index contributed by atoms with van der Waals surface area (Å²) in [5, 5.41) is 4.92. The molecule has 0 amide bonds. The molecule has 0 aliphatic rings. The summed E-state index contributed by atoms with van der Waals surface area (Å²) in [6.07, 6.45) is 4.24. The molecule has 0 aromatic carbocycles. The minimum absolute atomic E-state index is 0.502. The largest absolute Gasteiger partial charge is 0.251 e. The van der Waals surface area contributed by atoms with Gasteiger partial charge in [0.25, 0.3) is 5.95 Å². The third kappa shape index (κ3) is 2.39. The zero-order valence-corrected chi connectivity index (χ0v) is 10.0. The molecule has 0 radical (unpaired) electrons. The summed E-state index contributed by atoms with van der Waals surface area (Å²) in [4.78, 5) is 8.21. The highest BCUT2D eigenvalue weighted by atomic mass is 35.5. The minimum Gasteiger partial charge on any atom is -0.220 e. The van der Waals surface area contributed by atoms with Crippen LogP contribution >= 0.6 is 11.6 Å². The van der Waals surface area contributed by atoms with Crippen molar-refractivity contribution in [1.29, 1.82) is 0 Å². The van der Waals surface area contributed by atoms with Crippen molar-refractivity contribution in [3.63, 3.8) is 0 Å². The van der Waals surface area contributed by atoms with Gasteiger partial charge in [0.1, 0.15) is 5.15 Å². The molecule has 2 aromatic rings. The Kier molecular flexibility index (Phi) is 3.19. The van der Waals surface area contributed by atoms with Crippen LogP contribution in [-0.4, -0.2) is 19.7 Å². The Morgan fingerprint density at radius 2 is 2.00 bits per heavy atom. The Morgan fingerprint density at radius 3 is 2.62 bits per heavy atom. The fourth-order valence-electron chi connectivity index (χ4n) is 1.46. The molecular weight excluding hydrogens is 224 g/mol. The summed E-state index contributed by atoms with van der Waals surface area (Å²) in [6.45, 7) is 4.29. The van der Waals surface area contributed by atoms with Gasteiger partial charge < -0.3 is 0 Å².